The number of halogens is 3. The average molecular weight is 409 g/mol. The minimum Gasteiger partial charge on any atom is -0.399 e. The highest BCUT2D eigenvalue weighted by atomic mass is 19.4. The van der Waals surface area contributed by atoms with E-state index in [9.17, 15) is 29.0 Å². The van der Waals surface area contributed by atoms with Crippen LogP contribution in [-0.2, 0) is 6.18 Å². The van der Waals surface area contributed by atoms with Crippen molar-refractivity contribution < 1.29 is 13.2 Å². The summed E-state index contributed by atoms with van der Waals surface area (Å²) in [6.07, 6.45) is -1.30. The Morgan fingerprint density at radius 2 is 1.80 bits per heavy atom. The van der Waals surface area contributed by atoms with Crippen LogP contribution in [0.5, 0.6) is 0 Å². The number of benzene rings is 1. The van der Waals surface area contributed by atoms with Crippen molar-refractivity contribution in [2.24, 2.45) is 17.1 Å². The summed E-state index contributed by atoms with van der Waals surface area (Å²) in [4.78, 5) is 2.06. The summed E-state index contributed by atoms with van der Waals surface area (Å²) in [6.45, 7) is 0. The second-order valence-corrected chi connectivity index (χ2v) is 8.02. The number of alkyl halides is 3. The van der Waals surface area contributed by atoms with Crippen LogP contribution < -0.4 is 5.73 Å². The van der Waals surface area contributed by atoms with Crippen LogP contribution in [0.25, 0.3) is 0 Å². The zero-order valence-electron chi connectivity index (χ0n) is 16.1. The fourth-order valence-corrected chi connectivity index (χ4v) is 5.46. The average Bonchev–Trinajstić information content (AvgIpc) is 2.95. The number of nitrogens with two attached hydrogens (primary N) is 1. The molecule has 1 saturated heterocycles. The molecule has 8 heteroatoms. The van der Waals surface area contributed by atoms with E-state index in [-0.39, 0.29) is 28.9 Å². The maximum atomic E-state index is 13.9. The van der Waals surface area contributed by atoms with Gasteiger partial charge in [-0.2, -0.15) is 29.0 Å². The molecule has 2 N–H and O–H groups in total. The molecule has 152 valence electrons. The first-order valence-electron chi connectivity index (χ1n) is 9.54. The molecule has 5 nitrogen and oxygen atoms in total. The van der Waals surface area contributed by atoms with Crippen LogP contribution in [0.15, 0.2) is 47.2 Å². The van der Waals surface area contributed by atoms with Gasteiger partial charge in [-0.3, -0.25) is 4.90 Å². The Labute approximate surface area is 172 Å². The molecular formula is C22H18F3N5. The first-order chi connectivity index (χ1) is 14.2. The van der Waals surface area contributed by atoms with E-state index in [0.717, 1.165) is 12.5 Å². The van der Waals surface area contributed by atoms with Crippen molar-refractivity contribution in [3.05, 3.63) is 58.3 Å². The van der Waals surface area contributed by atoms with E-state index in [4.69, 9.17) is 5.73 Å². The number of hydrogen-bond donors (Lipinski definition) is 1. The van der Waals surface area contributed by atoms with Crippen LogP contribution in [0.4, 0.5) is 13.2 Å². The number of hydrogen-bond acceptors (Lipinski definition) is 5. The molecule has 1 fully saturated rings. The van der Waals surface area contributed by atoms with Crippen molar-refractivity contribution in [1.29, 1.82) is 15.8 Å². The highest BCUT2D eigenvalue weighted by Gasteiger charge is 2.59. The van der Waals surface area contributed by atoms with E-state index in [1.165, 1.54) is 18.2 Å². The molecule has 0 aromatic heterocycles. The number of fused-ring (bicyclic) bond motifs is 4. The predicted octanol–water partition coefficient (Wildman–Crippen LogP) is 3.59. The highest BCUT2D eigenvalue weighted by molar-refractivity contribution is 5.61. The van der Waals surface area contributed by atoms with Gasteiger partial charge in [-0.05, 0) is 37.1 Å². The summed E-state index contributed by atoms with van der Waals surface area (Å²) in [5.74, 6) is -1.78. The molecule has 0 saturated carbocycles. The molecule has 4 atom stereocenters. The fourth-order valence-electron chi connectivity index (χ4n) is 5.46. The van der Waals surface area contributed by atoms with E-state index in [2.05, 4.69) is 4.90 Å². The first-order valence-corrected chi connectivity index (χ1v) is 9.54. The molecule has 0 spiro atoms. The lowest BCUT2D eigenvalue weighted by atomic mass is 9.56. The van der Waals surface area contributed by atoms with Crippen molar-refractivity contribution in [1.82, 2.24) is 4.90 Å². The van der Waals surface area contributed by atoms with Crippen LogP contribution >= 0.6 is 0 Å². The quantitative estimate of drug-likeness (QED) is 0.764. The van der Waals surface area contributed by atoms with Crippen molar-refractivity contribution in [2.45, 2.75) is 37.0 Å². The Hall–Kier alpha value is -3.28. The molecular weight excluding hydrogens is 391 g/mol. The molecule has 1 aromatic rings. The van der Waals surface area contributed by atoms with E-state index in [1.807, 2.05) is 31.3 Å². The molecule has 30 heavy (non-hydrogen) atoms. The van der Waals surface area contributed by atoms with Gasteiger partial charge in [0.25, 0.3) is 0 Å². The van der Waals surface area contributed by atoms with Crippen molar-refractivity contribution in [3.63, 3.8) is 0 Å². The summed E-state index contributed by atoms with van der Waals surface area (Å²) in [5, 5.41) is 29.9. The van der Waals surface area contributed by atoms with Gasteiger partial charge in [0.1, 0.15) is 6.07 Å². The van der Waals surface area contributed by atoms with Gasteiger partial charge in [0.15, 0.2) is 5.41 Å². The van der Waals surface area contributed by atoms with Gasteiger partial charge in [0.05, 0.1) is 29.0 Å². The highest BCUT2D eigenvalue weighted by Crippen LogP contribution is 2.59. The summed E-state index contributed by atoms with van der Waals surface area (Å²) in [7, 11) is 1.89. The summed E-state index contributed by atoms with van der Waals surface area (Å²) in [5.41, 5.74) is 3.45. The molecule has 2 heterocycles. The molecule has 4 unspecified atom stereocenters. The second kappa shape index (κ2) is 6.62. The van der Waals surface area contributed by atoms with E-state index in [0.29, 0.717) is 12.0 Å². The number of likely N-dealkylation sites (N-methyl/N-ethyl adjacent to an activating group) is 1. The van der Waals surface area contributed by atoms with Gasteiger partial charge in [-0.25, -0.2) is 0 Å². The Kier molecular flexibility index (Phi) is 4.42. The van der Waals surface area contributed by atoms with Crippen LogP contribution in [-0.4, -0.2) is 24.0 Å². The van der Waals surface area contributed by atoms with Gasteiger partial charge in [-0.15, -0.1) is 0 Å². The Balaban J connectivity index is 2.09. The lowest BCUT2D eigenvalue weighted by Crippen LogP contribution is -2.51. The van der Waals surface area contributed by atoms with Gasteiger partial charge < -0.3 is 5.73 Å². The van der Waals surface area contributed by atoms with E-state index in [1.54, 1.807) is 0 Å². The number of nitrogens with zero attached hydrogens (tertiary/aromatic N) is 4. The topological polar surface area (TPSA) is 101 Å². The lowest BCUT2D eigenvalue weighted by molar-refractivity contribution is -0.138. The Morgan fingerprint density at radius 1 is 1.13 bits per heavy atom. The monoisotopic (exact) mass is 409 g/mol. The van der Waals surface area contributed by atoms with Gasteiger partial charge in [0.2, 0.25) is 0 Å². The van der Waals surface area contributed by atoms with Crippen LogP contribution in [0, 0.1) is 45.3 Å². The van der Waals surface area contributed by atoms with Crippen molar-refractivity contribution in [2.75, 3.05) is 7.05 Å². The zero-order chi connectivity index (χ0) is 21.8. The van der Waals surface area contributed by atoms with Crippen molar-refractivity contribution >= 4 is 0 Å². The first kappa shape index (κ1) is 20.0. The zero-order valence-corrected chi connectivity index (χ0v) is 16.1. The summed E-state index contributed by atoms with van der Waals surface area (Å²) >= 11 is 0. The van der Waals surface area contributed by atoms with E-state index < -0.39 is 29.0 Å². The van der Waals surface area contributed by atoms with Gasteiger partial charge in [0, 0.05) is 23.9 Å². The smallest absolute Gasteiger partial charge is 0.399 e. The maximum absolute atomic E-state index is 13.9. The third-order valence-corrected chi connectivity index (χ3v) is 6.82. The minimum atomic E-state index is -4.66. The summed E-state index contributed by atoms with van der Waals surface area (Å²) < 4.78 is 41.7. The SMILES string of the molecule is CN1C2C=C3C(C#N)=C(N)C(C#N)(C#N)C(c4ccccc4C(F)(F)F)C3C1CC2. The lowest BCUT2D eigenvalue weighted by Gasteiger charge is -2.48. The van der Waals surface area contributed by atoms with E-state index >= 15 is 0 Å². The molecule has 4 rings (SSSR count). The number of rotatable bonds is 1. The van der Waals surface area contributed by atoms with Crippen LogP contribution in [0.1, 0.15) is 29.9 Å². The Morgan fingerprint density at radius 3 is 2.40 bits per heavy atom. The van der Waals surface area contributed by atoms with Crippen molar-refractivity contribution in [3.8, 4) is 18.2 Å². The van der Waals surface area contributed by atoms with Gasteiger partial charge in [-0.1, -0.05) is 24.3 Å². The molecule has 0 amide bonds. The van der Waals surface area contributed by atoms with Crippen LogP contribution in [0.2, 0.25) is 0 Å². The third-order valence-electron chi connectivity index (χ3n) is 6.82. The Bertz CT molecular complexity index is 1080. The standard InChI is InChI=1S/C22H18F3N5/c1-30-12-6-7-17(30)18-14(8-12)15(9-26)20(29)21(10-27,11-28)19(18)13-4-2-3-5-16(13)22(23,24)25/h2-5,8,12,17-19H,6-7,29H2,1H3. The van der Waals surface area contributed by atoms with Gasteiger partial charge >= 0.3 is 6.18 Å². The normalized spacial score (nSPS) is 30.0. The third kappa shape index (κ3) is 2.49. The molecule has 2 bridgehead atoms. The molecule has 3 aliphatic rings. The van der Waals surface area contributed by atoms with Crippen LogP contribution in [0.3, 0.4) is 0 Å². The number of allylic oxidation sites excluding steroid dienone is 2. The predicted molar refractivity (Wildman–Crippen MR) is 101 cm³/mol. The molecule has 2 aliphatic heterocycles. The fraction of sp³-hybridized carbons (Fsp3) is 0.409. The molecule has 1 aromatic carbocycles. The maximum Gasteiger partial charge on any atom is 0.416 e. The largest absolute Gasteiger partial charge is 0.416 e. The second-order valence-electron chi connectivity index (χ2n) is 8.02. The number of nitriles is 3. The minimum absolute atomic E-state index is 0.0487. The molecule has 1 aliphatic carbocycles. The molecule has 0 radical (unpaired) electrons. The summed E-state index contributed by atoms with van der Waals surface area (Å²) in [6, 6.07) is 10.7.